The molecular formula is C78H53BN6. The van der Waals surface area contributed by atoms with Gasteiger partial charge in [-0.1, -0.05) is 214 Å². The van der Waals surface area contributed by atoms with Crippen LogP contribution in [0.4, 0.5) is 34.1 Å². The average molecular weight is 1090 g/mol. The van der Waals surface area contributed by atoms with E-state index in [1.165, 1.54) is 77.7 Å². The Bertz CT molecular complexity index is 4940. The van der Waals surface area contributed by atoms with Crippen molar-refractivity contribution in [2.75, 3.05) is 9.80 Å². The summed E-state index contributed by atoms with van der Waals surface area (Å²) < 4.78 is 2.49. The third-order valence-electron chi connectivity index (χ3n) is 18.0. The highest BCUT2D eigenvalue weighted by atomic mass is 15.2. The van der Waals surface area contributed by atoms with E-state index in [0.717, 1.165) is 61.5 Å². The summed E-state index contributed by atoms with van der Waals surface area (Å²) >= 11 is 0. The first kappa shape index (κ1) is 48.8. The van der Waals surface area contributed by atoms with Crippen LogP contribution in [-0.4, -0.2) is 26.2 Å². The lowest BCUT2D eigenvalue weighted by atomic mass is 9.33. The normalized spacial score (nSPS) is 13.3. The van der Waals surface area contributed by atoms with E-state index in [1.54, 1.807) is 0 Å². The van der Waals surface area contributed by atoms with Crippen LogP contribution in [0.25, 0.3) is 95.0 Å². The Hall–Kier alpha value is -10.9. The van der Waals surface area contributed by atoms with Crippen molar-refractivity contribution < 1.29 is 0 Å². The number of para-hydroxylation sites is 4. The van der Waals surface area contributed by atoms with Gasteiger partial charge >= 0.3 is 0 Å². The molecule has 4 heterocycles. The molecule has 0 saturated carbocycles. The van der Waals surface area contributed by atoms with Crippen molar-refractivity contribution in [1.82, 2.24) is 19.5 Å². The van der Waals surface area contributed by atoms with Gasteiger partial charge in [0.05, 0.1) is 16.7 Å². The monoisotopic (exact) mass is 1080 g/mol. The molecule has 0 atom stereocenters. The Labute approximate surface area is 494 Å². The van der Waals surface area contributed by atoms with Gasteiger partial charge in [-0.05, 0) is 140 Å². The third kappa shape index (κ3) is 7.63. The predicted molar refractivity (Wildman–Crippen MR) is 353 cm³/mol. The van der Waals surface area contributed by atoms with Crippen LogP contribution in [0.2, 0.25) is 0 Å². The van der Waals surface area contributed by atoms with Gasteiger partial charge in [-0.3, -0.25) is 0 Å². The highest BCUT2D eigenvalue weighted by Crippen LogP contribution is 2.52. The van der Waals surface area contributed by atoms with Gasteiger partial charge in [-0.2, -0.15) is 0 Å². The zero-order chi connectivity index (χ0) is 56.3. The van der Waals surface area contributed by atoms with Gasteiger partial charge in [0.25, 0.3) is 6.71 Å². The second-order valence-corrected chi connectivity index (χ2v) is 23.1. The summed E-state index contributed by atoms with van der Waals surface area (Å²) in [7, 11) is 0. The van der Waals surface area contributed by atoms with Gasteiger partial charge in [0.1, 0.15) is 0 Å². The van der Waals surface area contributed by atoms with Crippen molar-refractivity contribution in [3.8, 4) is 73.2 Å². The van der Waals surface area contributed by atoms with E-state index in [0.29, 0.717) is 17.5 Å². The molecule has 12 aromatic carbocycles. The Kier molecular flexibility index (Phi) is 11.0. The van der Waals surface area contributed by atoms with Crippen LogP contribution in [0.3, 0.4) is 0 Å². The Morgan fingerprint density at radius 3 is 1.52 bits per heavy atom. The topological polar surface area (TPSA) is 50.1 Å². The highest BCUT2D eigenvalue weighted by Gasteiger charge is 2.43. The minimum atomic E-state index is -0.178. The van der Waals surface area contributed by atoms with Crippen LogP contribution in [0, 0.1) is 0 Å². The minimum absolute atomic E-state index is 0.0724. The molecule has 398 valence electrons. The summed E-state index contributed by atoms with van der Waals surface area (Å²) in [5, 5.41) is 2.44. The molecule has 17 rings (SSSR count). The summed E-state index contributed by atoms with van der Waals surface area (Å²) in [6.07, 6.45) is 0. The largest absolute Gasteiger partial charge is 0.311 e. The number of anilines is 6. The summed E-state index contributed by atoms with van der Waals surface area (Å²) in [5.41, 5.74) is 26.6. The molecule has 0 fully saturated rings. The first-order chi connectivity index (χ1) is 41.9. The molecule has 1 aliphatic carbocycles. The molecule has 3 aliphatic rings. The predicted octanol–water partition coefficient (Wildman–Crippen LogP) is 17.7. The zero-order valence-corrected chi connectivity index (χ0v) is 46.9. The van der Waals surface area contributed by atoms with E-state index < -0.39 is 0 Å². The minimum Gasteiger partial charge on any atom is -0.311 e. The maximum absolute atomic E-state index is 5.24. The first-order valence-corrected chi connectivity index (χ1v) is 29.3. The Morgan fingerprint density at radius 1 is 0.306 bits per heavy atom. The van der Waals surface area contributed by atoms with Crippen LogP contribution in [-0.2, 0) is 5.41 Å². The fourth-order valence-corrected chi connectivity index (χ4v) is 14.1. The summed E-state index contributed by atoms with van der Waals surface area (Å²) in [5.74, 6) is 1.86. The van der Waals surface area contributed by atoms with E-state index in [-0.39, 0.29) is 12.1 Å². The van der Waals surface area contributed by atoms with Crippen LogP contribution in [0.15, 0.2) is 285 Å². The molecule has 0 spiro atoms. The second-order valence-electron chi connectivity index (χ2n) is 23.1. The molecule has 0 unspecified atom stereocenters. The Balaban J connectivity index is 0.824. The molecule has 0 amide bonds. The molecule has 0 N–H and O–H groups in total. The van der Waals surface area contributed by atoms with Crippen molar-refractivity contribution in [1.29, 1.82) is 0 Å². The molecule has 0 radical (unpaired) electrons. The SMILES string of the molecule is CC1(C)c2ccccc2-c2cc3c4ccccc4n(-c4ccc(-c5nc(-c6ccccc6)nc(-c6ccccc6)n5)cc4-c4ccc(-c5cccc(N6c7ccccc7B7c8ccccc8N(c8ccccc8)c8cccc6c87)c5)cc4)c3cc21. The summed E-state index contributed by atoms with van der Waals surface area (Å²) in [6.45, 7) is 4.80. The molecule has 6 nitrogen and oxygen atoms in total. The number of hydrogen-bond donors (Lipinski definition) is 0. The van der Waals surface area contributed by atoms with Gasteiger partial charge in [-0.15, -0.1) is 0 Å². The maximum atomic E-state index is 5.24. The smallest absolute Gasteiger partial charge is 0.252 e. The number of nitrogens with zero attached hydrogens (tertiary/aromatic N) is 6. The second kappa shape index (κ2) is 19.1. The molecule has 14 aromatic rings. The molecule has 7 heteroatoms. The van der Waals surface area contributed by atoms with E-state index in [4.69, 9.17) is 15.0 Å². The molecule has 2 aliphatic heterocycles. The summed E-state index contributed by atoms with van der Waals surface area (Å²) in [6, 6.07) is 104. The lowest BCUT2D eigenvalue weighted by molar-refractivity contribution is 0.661. The van der Waals surface area contributed by atoms with E-state index in [2.05, 4.69) is 277 Å². The van der Waals surface area contributed by atoms with Crippen molar-refractivity contribution in [3.05, 3.63) is 296 Å². The van der Waals surface area contributed by atoms with Crippen molar-refractivity contribution in [2.45, 2.75) is 19.3 Å². The van der Waals surface area contributed by atoms with Gasteiger partial charge < -0.3 is 14.4 Å². The van der Waals surface area contributed by atoms with E-state index in [1.807, 2.05) is 36.4 Å². The van der Waals surface area contributed by atoms with Gasteiger partial charge in [0.2, 0.25) is 0 Å². The number of aromatic nitrogens is 4. The lowest BCUT2D eigenvalue weighted by Gasteiger charge is -2.44. The van der Waals surface area contributed by atoms with Crippen molar-refractivity contribution in [3.63, 3.8) is 0 Å². The molecule has 85 heavy (non-hydrogen) atoms. The van der Waals surface area contributed by atoms with Crippen LogP contribution in [0.1, 0.15) is 25.0 Å². The molecule has 0 bridgehead atoms. The third-order valence-corrected chi connectivity index (χ3v) is 18.0. The number of fused-ring (bicyclic) bond motifs is 10. The van der Waals surface area contributed by atoms with Crippen molar-refractivity contribution >= 4 is 79.0 Å². The molecule has 0 saturated heterocycles. The van der Waals surface area contributed by atoms with Gasteiger partial charge in [-0.25, -0.2) is 15.0 Å². The van der Waals surface area contributed by atoms with Crippen LogP contribution < -0.4 is 26.2 Å². The molecule has 2 aromatic heterocycles. The van der Waals surface area contributed by atoms with Crippen LogP contribution in [0.5, 0.6) is 0 Å². The maximum Gasteiger partial charge on any atom is 0.252 e. The first-order valence-electron chi connectivity index (χ1n) is 29.3. The standard InChI is InChI=1S/C78H53BN6/c1-78(2)63-32-14-12-30-58(63)61-48-62-59-31-13-17-35-67(59)85(73(62)49-64(61)78)68-45-44-55(77-81-75(52-22-6-3-7-23-52)80-76(82-77)53-24-8-4-9-25-53)47-60(68)51-42-40-50(41-43-51)54-26-20-29-57(46-54)84-70-37-19-16-34-66(70)79-65-33-15-18-36-69(65)83(56-27-10-5-11-28-56)71-38-21-39-72(84)74(71)79/h3-49H,1-2H3. The zero-order valence-electron chi connectivity index (χ0n) is 46.9. The van der Waals surface area contributed by atoms with E-state index in [9.17, 15) is 0 Å². The van der Waals surface area contributed by atoms with Crippen molar-refractivity contribution in [2.24, 2.45) is 0 Å². The lowest BCUT2D eigenvalue weighted by Crippen LogP contribution is -2.61. The quantitative estimate of drug-likeness (QED) is 0.142. The number of rotatable bonds is 8. The Morgan fingerprint density at radius 2 is 0.824 bits per heavy atom. The number of benzene rings is 12. The highest BCUT2D eigenvalue weighted by molar-refractivity contribution is 7.00. The average Bonchev–Trinajstić information content (AvgIpc) is 2.05. The van der Waals surface area contributed by atoms with Crippen LogP contribution >= 0.6 is 0 Å². The van der Waals surface area contributed by atoms with Gasteiger partial charge in [0.15, 0.2) is 17.5 Å². The molecular weight excluding hydrogens is 1030 g/mol. The fraction of sp³-hybridized carbons (Fsp3) is 0.0385. The summed E-state index contributed by atoms with van der Waals surface area (Å²) in [4.78, 5) is 20.5. The van der Waals surface area contributed by atoms with E-state index >= 15 is 0 Å². The number of hydrogen-bond acceptors (Lipinski definition) is 5. The van der Waals surface area contributed by atoms with Gasteiger partial charge in [0, 0.05) is 72.6 Å². The fourth-order valence-electron chi connectivity index (χ4n) is 14.1.